The minimum absolute atomic E-state index is 0.237. The topological polar surface area (TPSA) is 87.3 Å². The van der Waals surface area contributed by atoms with Crippen molar-refractivity contribution in [2.75, 3.05) is 6.61 Å². The van der Waals surface area contributed by atoms with E-state index in [1.807, 2.05) is 45.0 Å². The maximum atomic E-state index is 11.2. The molecule has 1 aromatic carbocycles. The summed E-state index contributed by atoms with van der Waals surface area (Å²) in [5, 5.41) is 0. The number of nitrogens with zero attached hydrogens (tertiary/aromatic N) is 2. The van der Waals surface area contributed by atoms with Crippen molar-refractivity contribution in [3.63, 3.8) is 0 Å². The second kappa shape index (κ2) is 8.17. The molecule has 1 aromatic heterocycles. The maximum Gasteiger partial charge on any atom is 0.405 e. The highest BCUT2D eigenvalue weighted by Gasteiger charge is 2.30. The molecule has 6 nitrogen and oxygen atoms in total. The van der Waals surface area contributed by atoms with E-state index in [1.165, 1.54) is 0 Å². The maximum absolute atomic E-state index is 11.2. The molecule has 6 heteroatoms. The van der Waals surface area contributed by atoms with Crippen LogP contribution in [0.25, 0.3) is 11.3 Å². The van der Waals surface area contributed by atoms with E-state index in [4.69, 9.17) is 15.2 Å². The van der Waals surface area contributed by atoms with E-state index in [1.54, 1.807) is 6.33 Å². The van der Waals surface area contributed by atoms with Crippen molar-refractivity contribution < 1.29 is 14.3 Å². The molecule has 1 atom stereocenters. The molecule has 0 saturated carbocycles. The number of nitrogens with two attached hydrogens (primary N) is 1. The lowest BCUT2D eigenvalue weighted by Crippen LogP contribution is -2.41. The number of aromatic nitrogens is 2. The van der Waals surface area contributed by atoms with Gasteiger partial charge in [0.15, 0.2) is 0 Å². The zero-order chi connectivity index (χ0) is 19.3. The Morgan fingerprint density at radius 1 is 1.23 bits per heavy atom. The Balaban J connectivity index is 2.15. The molecule has 0 saturated heterocycles. The molecule has 0 spiro atoms. The Bertz CT molecular complexity index is 777. The van der Waals surface area contributed by atoms with Crippen LogP contribution >= 0.6 is 0 Å². The van der Waals surface area contributed by atoms with Crippen LogP contribution in [0.3, 0.4) is 0 Å². The summed E-state index contributed by atoms with van der Waals surface area (Å²) in [5.41, 5.74) is 8.21. The highest BCUT2D eigenvalue weighted by molar-refractivity contribution is 5.65. The summed E-state index contributed by atoms with van der Waals surface area (Å²) in [4.78, 5) is 19.7. The number of hydrogen-bond donors (Lipinski definition) is 1. The number of carbonyl (C=O) groups is 1. The molecule has 0 fully saturated rings. The monoisotopic (exact) mass is 357 g/mol. The van der Waals surface area contributed by atoms with Gasteiger partial charge in [0.25, 0.3) is 0 Å². The van der Waals surface area contributed by atoms with Gasteiger partial charge in [-0.1, -0.05) is 13.8 Å². The van der Waals surface area contributed by atoms with Gasteiger partial charge in [-0.05, 0) is 62.9 Å². The normalized spacial score (nSPS) is 13.3. The fourth-order valence-corrected chi connectivity index (χ4v) is 3.05. The first-order chi connectivity index (χ1) is 12.2. The average Bonchev–Trinajstić information content (AvgIpc) is 2.52. The van der Waals surface area contributed by atoms with Crippen molar-refractivity contribution >= 4 is 6.09 Å². The number of ether oxygens (including phenoxy) is 2. The lowest BCUT2D eigenvalue weighted by molar-refractivity contribution is -0.0187. The molecule has 0 aliphatic rings. The standard InChI is InChI=1S/C20H27N3O3/c1-13(2)10-20(5,26-19(21)24)11-25-18-7-6-16(8-14(18)3)17-9-15(4)22-12-23-17/h6-9,12-13H,10-11H2,1-5H3,(H2,21,24). The Labute approximate surface area is 154 Å². The van der Waals surface area contributed by atoms with E-state index in [-0.39, 0.29) is 6.61 Å². The Hall–Kier alpha value is -2.63. The van der Waals surface area contributed by atoms with E-state index in [2.05, 4.69) is 23.8 Å². The second-order valence-electron chi connectivity index (χ2n) is 7.28. The number of hydrogen-bond acceptors (Lipinski definition) is 5. The summed E-state index contributed by atoms with van der Waals surface area (Å²) >= 11 is 0. The predicted molar refractivity (Wildman–Crippen MR) is 101 cm³/mol. The van der Waals surface area contributed by atoms with Crippen LogP contribution in [-0.4, -0.2) is 28.3 Å². The number of primary amides is 1. The van der Waals surface area contributed by atoms with Gasteiger partial charge in [-0.15, -0.1) is 0 Å². The van der Waals surface area contributed by atoms with Crippen LogP contribution in [0.5, 0.6) is 5.75 Å². The highest BCUT2D eigenvalue weighted by Crippen LogP contribution is 2.28. The first kappa shape index (κ1) is 19.7. The second-order valence-corrected chi connectivity index (χ2v) is 7.28. The molecule has 0 bridgehead atoms. The van der Waals surface area contributed by atoms with Gasteiger partial charge >= 0.3 is 6.09 Å². The quantitative estimate of drug-likeness (QED) is 0.808. The van der Waals surface area contributed by atoms with Crippen LogP contribution in [0.2, 0.25) is 0 Å². The molecule has 0 aliphatic heterocycles. The highest BCUT2D eigenvalue weighted by atomic mass is 16.6. The van der Waals surface area contributed by atoms with Gasteiger partial charge in [-0.25, -0.2) is 14.8 Å². The molecule has 1 heterocycles. The van der Waals surface area contributed by atoms with Gasteiger partial charge in [0, 0.05) is 11.3 Å². The van der Waals surface area contributed by atoms with Gasteiger partial charge in [0.1, 0.15) is 24.3 Å². The molecule has 2 N–H and O–H groups in total. The fourth-order valence-electron chi connectivity index (χ4n) is 3.05. The number of carbonyl (C=O) groups excluding carboxylic acids is 1. The van der Waals surface area contributed by atoms with Crippen LogP contribution < -0.4 is 10.5 Å². The fraction of sp³-hybridized carbons (Fsp3) is 0.450. The van der Waals surface area contributed by atoms with Crippen LogP contribution in [0.15, 0.2) is 30.6 Å². The lowest BCUT2D eigenvalue weighted by atomic mass is 9.95. The van der Waals surface area contributed by atoms with E-state index < -0.39 is 11.7 Å². The summed E-state index contributed by atoms with van der Waals surface area (Å²) in [5.74, 6) is 1.08. The number of rotatable bonds is 7. The molecule has 1 amide bonds. The third-order valence-electron chi connectivity index (χ3n) is 3.99. The minimum Gasteiger partial charge on any atom is -0.489 e. The van der Waals surface area contributed by atoms with Crippen molar-refractivity contribution in [1.82, 2.24) is 9.97 Å². The summed E-state index contributed by atoms with van der Waals surface area (Å²) in [6, 6.07) is 7.82. The Kier molecular flexibility index (Phi) is 6.18. The summed E-state index contributed by atoms with van der Waals surface area (Å²) in [6.45, 7) is 10.1. The summed E-state index contributed by atoms with van der Waals surface area (Å²) in [6.07, 6.45) is 1.43. The van der Waals surface area contributed by atoms with Gasteiger partial charge < -0.3 is 15.2 Å². The molecule has 140 valence electrons. The summed E-state index contributed by atoms with van der Waals surface area (Å²) < 4.78 is 11.3. The lowest BCUT2D eigenvalue weighted by Gasteiger charge is -2.30. The number of benzene rings is 1. The third-order valence-corrected chi connectivity index (χ3v) is 3.99. The molecule has 2 aromatic rings. The molecule has 26 heavy (non-hydrogen) atoms. The van der Waals surface area contributed by atoms with E-state index in [0.29, 0.717) is 12.3 Å². The SMILES string of the molecule is Cc1cc(-c2ccc(OCC(C)(CC(C)C)OC(N)=O)c(C)c2)ncn1. The zero-order valence-electron chi connectivity index (χ0n) is 16.1. The van der Waals surface area contributed by atoms with Crippen LogP contribution in [0.4, 0.5) is 4.79 Å². The van der Waals surface area contributed by atoms with Crippen LogP contribution in [0.1, 0.15) is 38.4 Å². The van der Waals surface area contributed by atoms with E-state index in [9.17, 15) is 4.79 Å². The van der Waals surface area contributed by atoms with Crippen molar-refractivity contribution in [3.8, 4) is 17.0 Å². The van der Waals surface area contributed by atoms with Crippen LogP contribution in [-0.2, 0) is 4.74 Å². The molecule has 2 rings (SSSR count). The largest absolute Gasteiger partial charge is 0.489 e. The molecular weight excluding hydrogens is 330 g/mol. The van der Waals surface area contributed by atoms with E-state index >= 15 is 0 Å². The van der Waals surface area contributed by atoms with Crippen molar-refractivity contribution in [2.24, 2.45) is 11.7 Å². The summed E-state index contributed by atoms with van der Waals surface area (Å²) in [7, 11) is 0. The Morgan fingerprint density at radius 3 is 2.54 bits per heavy atom. The minimum atomic E-state index is -0.789. The van der Waals surface area contributed by atoms with Gasteiger partial charge in [-0.3, -0.25) is 0 Å². The van der Waals surface area contributed by atoms with Gasteiger partial charge in [-0.2, -0.15) is 0 Å². The number of aryl methyl sites for hydroxylation is 2. The Morgan fingerprint density at radius 2 is 1.96 bits per heavy atom. The van der Waals surface area contributed by atoms with Gasteiger partial charge in [0.2, 0.25) is 0 Å². The van der Waals surface area contributed by atoms with E-state index in [0.717, 1.165) is 28.3 Å². The first-order valence-corrected chi connectivity index (χ1v) is 8.69. The predicted octanol–water partition coefficient (Wildman–Crippen LogP) is 4.04. The zero-order valence-corrected chi connectivity index (χ0v) is 16.1. The molecular formula is C20H27N3O3. The molecule has 0 radical (unpaired) electrons. The van der Waals surface area contributed by atoms with Crippen molar-refractivity contribution in [3.05, 3.63) is 41.9 Å². The smallest absolute Gasteiger partial charge is 0.405 e. The molecule has 0 aliphatic carbocycles. The van der Waals surface area contributed by atoms with Gasteiger partial charge in [0.05, 0.1) is 5.69 Å². The average molecular weight is 357 g/mol. The third kappa shape index (κ3) is 5.44. The number of amides is 1. The van der Waals surface area contributed by atoms with Crippen molar-refractivity contribution in [1.29, 1.82) is 0 Å². The van der Waals surface area contributed by atoms with Crippen LogP contribution in [0, 0.1) is 19.8 Å². The molecule has 1 unspecified atom stereocenters. The first-order valence-electron chi connectivity index (χ1n) is 8.69. The van der Waals surface area contributed by atoms with Crippen molar-refractivity contribution in [2.45, 2.75) is 46.6 Å².